The minimum atomic E-state index is -0.0316. The highest BCUT2D eigenvalue weighted by Gasteiger charge is 2.24. The molecule has 1 aliphatic carbocycles. The number of nitrogens with two attached hydrogens (primary N) is 1. The van der Waals surface area contributed by atoms with Crippen molar-refractivity contribution in [2.75, 3.05) is 44.2 Å². The van der Waals surface area contributed by atoms with Gasteiger partial charge in [-0.15, -0.1) is 0 Å². The summed E-state index contributed by atoms with van der Waals surface area (Å²) in [6, 6.07) is 8.40. The van der Waals surface area contributed by atoms with E-state index in [9.17, 15) is 9.59 Å². The van der Waals surface area contributed by atoms with E-state index in [0.717, 1.165) is 57.0 Å². The minimum Gasteiger partial charge on any atom is -0.369 e. The molecule has 3 rings (SSSR count). The number of amides is 1. The van der Waals surface area contributed by atoms with Gasteiger partial charge in [-0.25, -0.2) is 0 Å². The van der Waals surface area contributed by atoms with Crippen LogP contribution in [0.2, 0.25) is 0 Å². The third-order valence-electron chi connectivity index (χ3n) is 6.48. The van der Waals surface area contributed by atoms with Crippen LogP contribution in [0.5, 0.6) is 0 Å². The molecule has 0 radical (unpaired) electrons. The Kier molecular flexibility index (Phi) is 8.07. The standard InChI is InChI=1S/C23H36N4O2/c1-2-22(28)19-4-3-5-21(16-19)27-14-12-26(13-15-27)11-10-18-6-8-20(9-7-18)25-23(29)17-24/h3-5,16,18,20H,2,6-15,17,24H2,1H3,(H,25,29)/t18-,20-. The number of piperazine rings is 1. The zero-order valence-corrected chi connectivity index (χ0v) is 17.7. The number of nitrogens with zero attached hydrogens (tertiary/aromatic N) is 2. The Morgan fingerprint density at radius 3 is 2.48 bits per heavy atom. The van der Waals surface area contributed by atoms with E-state index in [1.165, 1.54) is 24.9 Å². The number of hydrogen-bond donors (Lipinski definition) is 2. The Morgan fingerprint density at radius 1 is 1.10 bits per heavy atom. The van der Waals surface area contributed by atoms with Crippen LogP contribution in [0.3, 0.4) is 0 Å². The number of hydrogen-bond acceptors (Lipinski definition) is 5. The normalized spacial score (nSPS) is 23.0. The van der Waals surface area contributed by atoms with Crippen molar-refractivity contribution >= 4 is 17.4 Å². The molecule has 2 aliphatic rings. The lowest BCUT2D eigenvalue weighted by Gasteiger charge is -2.37. The molecule has 29 heavy (non-hydrogen) atoms. The lowest BCUT2D eigenvalue weighted by atomic mass is 9.84. The number of anilines is 1. The van der Waals surface area contributed by atoms with E-state index < -0.39 is 0 Å². The van der Waals surface area contributed by atoms with Gasteiger partial charge in [-0.05, 0) is 56.7 Å². The maximum Gasteiger partial charge on any atom is 0.233 e. The zero-order chi connectivity index (χ0) is 20.6. The summed E-state index contributed by atoms with van der Waals surface area (Å²) in [4.78, 5) is 28.4. The average Bonchev–Trinajstić information content (AvgIpc) is 2.78. The van der Waals surface area contributed by atoms with Crippen molar-refractivity contribution in [3.63, 3.8) is 0 Å². The van der Waals surface area contributed by atoms with Crippen molar-refractivity contribution in [3.05, 3.63) is 29.8 Å². The highest BCUT2D eigenvalue weighted by Crippen LogP contribution is 2.27. The molecular weight excluding hydrogens is 364 g/mol. The number of rotatable bonds is 8. The smallest absolute Gasteiger partial charge is 0.233 e. The summed E-state index contributed by atoms with van der Waals surface area (Å²) in [5.41, 5.74) is 7.38. The van der Waals surface area contributed by atoms with E-state index in [2.05, 4.69) is 21.2 Å². The molecule has 6 heteroatoms. The lowest BCUT2D eigenvalue weighted by Crippen LogP contribution is -2.47. The van der Waals surface area contributed by atoms with Crippen LogP contribution in [0.1, 0.15) is 55.8 Å². The Balaban J connectivity index is 1.38. The fraction of sp³-hybridized carbons (Fsp3) is 0.652. The molecule has 0 spiro atoms. The molecule has 1 aromatic rings. The van der Waals surface area contributed by atoms with Crippen molar-refractivity contribution in [2.45, 2.75) is 51.5 Å². The number of carbonyl (C=O) groups excluding carboxylic acids is 2. The maximum atomic E-state index is 12.0. The molecule has 0 aromatic heterocycles. The molecule has 2 fully saturated rings. The number of ketones is 1. The SMILES string of the molecule is CCC(=O)c1cccc(N2CCN(CC[C@H]3CC[C@H](NC(=O)CN)CC3)CC2)c1. The number of nitrogens with one attached hydrogen (secondary N) is 1. The van der Waals surface area contributed by atoms with Crippen LogP contribution in [0.4, 0.5) is 5.69 Å². The molecule has 160 valence electrons. The van der Waals surface area contributed by atoms with Crippen molar-refractivity contribution in [1.82, 2.24) is 10.2 Å². The Labute approximate surface area is 174 Å². The third kappa shape index (κ3) is 6.28. The molecule has 1 heterocycles. The molecule has 1 saturated carbocycles. The van der Waals surface area contributed by atoms with Crippen LogP contribution in [0.25, 0.3) is 0 Å². The first kappa shape index (κ1) is 21.8. The van der Waals surface area contributed by atoms with Gasteiger partial charge < -0.3 is 16.0 Å². The van der Waals surface area contributed by atoms with Gasteiger partial charge in [-0.1, -0.05) is 19.1 Å². The van der Waals surface area contributed by atoms with E-state index >= 15 is 0 Å². The van der Waals surface area contributed by atoms with Crippen molar-refractivity contribution in [2.24, 2.45) is 11.7 Å². The monoisotopic (exact) mass is 400 g/mol. The molecule has 3 N–H and O–H groups in total. The summed E-state index contributed by atoms with van der Waals surface area (Å²) in [6.07, 6.45) is 6.37. The van der Waals surface area contributed by atoms with E-state index in [1.54, 1.807) is 0 Å². The topological polar surface area (TPSA) is 78.7 Å². The molecule has 1 amide bonds. The highest BCUT2D eigenvalue weighted by atomic mass is 16.2. The predicted octanol–water partition coefficient (Wildman–Crippen LogP) is 2.43. The molecule has 0 unspecified atom stereocenters. The number of Topliss-reactive ketones (excluding diaryl/α,β-unsaturated/α-hetero) is 1. The zero-order valence-electron chi connectivity index (χ0n) is 17.7. The van der Waals surface area contributed by atoms with E-state index in [4.69, 9.17) is 5.73 Å². The molecule has 1 aromatic carbocycles. The van der Waals surface area contributed by atoms with Crippen LogP contribution in [-0.4, -0.2) is 61.9 Å². The second kappa shape index (κ2) is 10.7. The summed E-state index contributed by atoms with van der Waals surface area (Å²) >= 11 is 0. The first-order valence-electron chi connectivity index (χ1n) is 11.2. The Hall–Kier alpha value is -1.92. The van der Waals surface area contributed by atoms with Gasteiger partial charge in [0.15, 0.2) is 5.78 Å². The van der Waals surface area contributed by atoms with Crippen molar-refractivity contribution < 1.29 is 9.59 Å². The summed E-state index contributed by atoms with van der Waals surface area (Å²) in [5, 5.41) is 3.03. The van der Waals surface area contributed by atoms with Crippen LogP contribution >= 0.6 is 0 Å². The van der Waals surface area contributed by atoms with Gasteiger partial charge in [-0.2, -0.15) is 0 Å². The summed E-state index contributed by atoms with van der Waals surface area (Å²) < 4.78 is 0. The van der Waals surface area contributed by atoms with Crippen molar-refractivity contribution in [3.8, 4) is 0 Å². The second-order valence-electron chi connectivity index (χ2n) is 8.43. The quantitative estimate of drug-likeness (QED) is 0.655. The number of carbonyl (C=O) groups is 2. The predicted molar refractivity (Wildman–Crippen MR) is 117 cm³/mol. The Bertz CT molecular complexity index is 677. The van der Waals surface area contributed by atoms with Gasteiger partial charge in [0.1, 0.15) is 0 Å². The van der Waals surface area contributed by atoms with E-state index in [1.807, 2.05) is 25.1 Å². The fourth-order valence-electron chi connectivity index (χ4n) is 4.56. The van der Waals surface area contributed by atoms with Crippen LogP contribution in [-0.2, 0) is 4.79 Å². The minimum absolute atomic E-state index is 0.0316. The molecule has 1 aliphatic heterocycles. The molecule has 1 saturated heterocycles. The summed E-state index contributed by atoms with van der Waals surface area (Å²) in [6.45, 7) is 7.35. The van der Waals surface area contributed by atoms with Gasteiger partial charge >= 0.3 is 0 Å². The van der Waals surface area contributed by atoms with Gasteiger partial charge in [0.25, 0.3) is 0 Å². The highest BCUT2D eigenvalue weighted by molar-refractivity contribution is 5.96. The third-order valence-corrected chi connectivity index (χ3v) is 6.48. The Morgan fingerprint density at radius 2 is 1.83 bits per heavy atom. The first-order valence-corrected chi connectivity index (χ1v) is 11.2. The van der Waals surface area contributed by atoms with Crippen LogP contribution in [0.15, 0.2) is 24.3 Å². The van der Waals surface area contributed by atoms with E-state index in [-0.39, 0.29) is 18.2 Å². The molecular formula is C23H36N4O2. The molecule has 0 atom stereocenters. The van der Waals surface area contributed by atoms with Gasteiger partial charge in [0.05, 0.1) is 6.54 Å². The van der Waals surface area contributed by atoms with Gasteiger partial charge in [0.2, 0.25) is 5.91 Å². The maximum absolute atomic E-state index is 12.0. The first-order chi connectivity index (χ1) is 14.1. The second-order valence-corrected chi connectivity index (χ2v) is 8.43. The molecule has 6 nitrogen and oxygen atoms in total. The van der Waals surface area contributed by atoms with E-state index in [0.29, 0.717) is 12.5 Å². The number of benzene rings is 1. The van der Waals surface area contributed by atoms with Gasteiger partial charge in [0, 0.05) is 49.9 Å². The van der Waals surface area contributed by atoms with Gasteiger partial charge in [-0.3, -0.25) is 14.5 Å². The molecule has 0 bridgehead atoms. The summed E-state index contributed by atoms with van der Waals surface area (Å²) in [7, 11) is 0. The van der Waals surface area contributed by atoms with Crippen molar-refractivity contribution in [1.29, 1.82) is 0 Å². The largest absolute Gasteiger partial charge is 0.369 e. The fourth-order valence-corrected chi connectivity index (χ4v) is 4.56. The lowest BCUT2D eigenvalue weighted by molar-refractivity contribution is -0.120. The van der Waals surface area contributed by atoms with Crippen LogP contribution < -0.4 is 16.0 Å². The average molecular weight is 401 g/mol. The summed E-state index contributed by atoms with van der Waals surface area (Å²) in [5.74, 6) is 0.953. The van der Waals surface area contributed by atoms with Crippen LogP contribution in [0, 0.1) is 5.92 Å².